The van der Waals surface area contributed by atoms with E-state index < -0.39 is 10.0 Å². The molecule has 0 aromatic heterocycles. The fourth-order valence-corrected chi connectivity index (χ4v) is 2.92. The molecule has 0 aliphatic rings. The van der Waals surface area contributed by atoms with Gasteiger partial charge in [0.15, 0.2) is 0 Å². The van der Waals surface area contributed by atoms with Crippen LogP contribution in [0.1, 0.15) is 25.8 Å². The summed E-state index contributed by atoms with van der Waals surface area (Å²) in [5, 5.41) is 0. The van der Waals surface area contributed by atoms with E-state index in [2.05, 4.69) is 0 Å². The van der Waals surface area contributed by atoms with E-state index in [-0.39, 0.29) is 11.8 Å². The summed E-state index contributed by atoms with van der Waals surface area (Å²) in [7, 11) is -1.64. The van der Waals surface area contributed by atoms with Crippen LogP contribution in [-0.2, 0) is 15.8 Å². The van der Waals surface area contributed by atoms with E-state index in [0.717, 1.165) is 5.56 Å². The van der Waals surface area contributed by atoms with Crippen molar-refractivity contribution in [3.05, 3.63) is 35.9 Å². The number of hydrogen-bond acceptors (Lipinski definition) is 3. The van der Waals surface area contributed by atoms with Crippen LogP contribution in [0, 0.1) is 5.92 Å². The fourth-order valence-electron chi connectivity index (χ4n) is 1.70. The lowest BCUT2D eigenvalue weighted by Crippen LogP contribution is -2.35. The Balaban J connectivity index is 2.57. The maximum atomic E-state index is 12.2. The molecule has 1 atom stereocenters. The van der Waals surface area contributed by atoms with Gasteiger partial charge in [-0.25, -0.2) is 12.7 Å². The molecule has 1 aromatic rings. The summed E-state index contributed by atoms with van der Waals surface area (Å²) in [6.45, 7) is 4.56. The highest BCUT2D eigenvalue weighted by Crippen LogP contribution is 2.11. The molecule has 0 amide bonds. The van der Waals surface area contributed by atoms with Gasteiger partial charge in [-0.05, 0) is 17.9 Å². The van der Waals surface area contributed by atoms with Crippen LogP contribution in [0.5, 0.6) is 0 Å². The largest absolute Gasteiger partial charge is 0.327 e. The van der Waals surface area contributed by atoms with Crippen LogP contribution in [-0.4, -0.2) is 32.4 Å². The van der Waals surface area contributed by atoms with Crippen LogP contribution in [0.4, 0.5) is 0 Å². The van der Waals surface area contributed by atoms with Crippen molar-refractivity contribution in [2.24, 2.45) is 11.7 Å². The highest BCUT2D eigenvalue weighted by atomic mass is 32.2. The molecule has 0 fully saturated rings. The summed E-state index contributed by atoms with van der Waals surface area (Å²) >= 11 is 0. The van der Waals surface area contributed by atoms with Gasteiger partial charge in [-0.15, -0.1) is 0 Å². The van der Waals surface area contributed by atoms with E-state index in [1.54, 1.807) is 7.05 Å². The zero-order valence-corrected chi connectivity index (χ0v) is 12.7. The normalized spacial score (nSPS) is 14.0. The van der Waals surface area contributed by atoms with Crippen molar-refractivity contribution in [2.45, 2.75) is 32.1 Å². The summed E-state index contributed by atoms with van der Waals surface area (Å²) < 4.78 is 25.7. The molecule has 5 heteroatoms. The van der Waals surface area contributed by atoms with Crippen LogP contribution in [0.3, 0.4) is 0 Å². The number of sulfonamides is 1. The predicted molar refractivity (Wildman–Crippen MR) is 79.1 cm³/mol. The second-order valence-electron chi connectivity index (χ2n) is 5.26. The molecule has 0 aliphatic carbocycles. The molecule has 19 heavy (non-hydrogen) atoms. The molecule has 4 nitrogen and oxygen atoms in total. The van der Waals surface area contributed by atoms with Gasteiger partial charge in [-0.2, -0.15) is 0 Å². The Hall–Kier alpha value is -0.910. The molecule has 0 heterocycles. The zero-order valence-electron chi connectivity index (χ0n) is 11.9. The van der Waals surface area contributed by atoms with Crippen molar-refractivity contribution in [3.63, 3.8) is 0 Å². The van der Waals surface area contributed by atoms with Crippen LogP contribution in [0.2, 0.25) is 0 Å². The van der Waals surface area contributed by atoms with Gasteiger partial charge in [-0.3, -0.25) is 0 Å². The van der Waals surface area contributed by atoms with Crippen molar-refractivity contribution in [1.82, 2.24) is 4.31 Å². The van der Waals surface area contributed by atoms with Gasteiger partial charge in [0.2, 0.25) is 10.0 Å². The second kappa shape index (κ2) is 7.03. The van der Waals surface area contributed by atoms with E-state index in [4.69, 9.17) is 5.73 Å². The molecule has 0 bridgehead atoms. The highest BCUT2D eigenvalue weighted by molar-refractivity contribution is 7.88. The van der Waals surface area contributed by atoms with Crippen molar-refractivity contribution < 1.29 is 8.42 Å². The maximum Gasteiger partial charge on any atom is 0.218 e. The number of rotatable bonds is 7. The molecule has 1 rings (SSSR count). The topological polar surface area (TPSA) is 63.4 Å². The minimum Gasteiger partial charge on any atom is -0.327 e. The van der Waals surface area contributed by atoms with Crippen LogP contribution in [0.25, 0.3) is 0 Å². The summed E-state index contributed by atoms with van der Waals surface area (Å²) in [5.41, 5.74) is 6.75. The van der Waals surface area contributed by atoms with E-state index in [9.17, 15) is 8.42 Å². The first-order valence-electron chi connectivity index (χ1n) is 6.56. The summed E-state index contributed by atoms with van der Waals surface area (Å²) in [6, 6.07) is 9.26. The lowest BCUT2D eigenvalue weighted by Gasteiger charge is -2.21. The Morgan fingerprint density at radius 3 is 2.32 bits per heavy atom. The SMILES string of the molecule is CC(C)C(N)CCN(C)S(=O)(=O)Cc1ccccc1. The number of nitrogens with two attached hydrogens (primary N) is 1. The van der Waals surface area contributed by atoms with E-state index >= 15 is 0 Å². The summed E-state index contributed by atoms with van der Waals surface area (Å²) in [5.74, 6) is 0.409. The lowest BCUT2D eigenvalue weighted by atomic mass is 10.0. The molecular weight excluding hydrogens is 260 g/mol. The van der Waals surface area contributed by atoms with E-state index in [1.165, 1.54) is 4.31 Å². The van der Waals surface area contributed by atoms with Gasteiger partial charge in [-0.1, -0.05) is 44.2 Å². The minimum atomic E-state index is -3.26. The third-order valence-electron chi connectivity index (χ3n) is 3.30. The molecule has 0 saturated carbocycles. The number of nitrogens with zero attached hydrogens (tertiary/aromatic N) is 1. The molecular formula is C14H24N2O2S. The standard InChI is InChI=1S/C14H24N2O2S/c1-12(2)14(15)9-10-16(3)19(17,18)11-13-7-5-4-6-8-13/h4-8,12,14H,9-11,15H2,1-3H3. The Labute approximate surface area is 116 Å². The van der Waals surface area contributed by atoms with Crippen LogP contribution in [0.15, 0.2) is 30.3 Å². The first kappa shape index (κ1) is 16.1. The molecule has 2 N–H and O–H groups in total. The average Bonchev–Trinajstić information content (AvgIpc) is 2.35. The van der Waals surface area contributed by atoms with Gasteiger partial charge in [0.1, 0.15) is 0 Å². The molecule has 0 spiro atoms. The first-order valence-corrected chi connectivity index (χ1v) is 8.17. The predicted octanol–water partition coefficient (Wildman–Crippen LogP) is 1.82. The van der Waals surface area contributed by atoms with Gasteiger partial charge in [0.05, 0.1) is 5.75 Å². The second-order valence-corrected chi connectivity index (χ2v) is 7.34. The average molecular weight is 284 g/mol. The highest BCUT2D eigenvalue weighted by Gasteiger charge is 2.19. The number of benzene rings is 1. The van der Waals surface area contributed by atoms with E-state index in [1.807, 2.05) is 44.2 Å². The fraction of sp³-hybridized carbons (Fsp3) is 0.571. The van der Waals surface area contributed by atoms with Crippen molar-refractivity contribution in [3.8, 4) is 0 Å². The smallest absolute Gasteiger partial charge is 0.218 e. The van der Waals surface area contributed by atoms with Crippen molar-refractivity contribution in [2.75, 3.05) is 13.6 Å². The van der Waals surface area contributed by atoms with E-state index in [0.29, 0.717) is 18.9 Å². The molecule has 0 saturated heterocycles. The molecule has 108 valence electrons. The minimum absolute atomic E-state index is 0.0365. The molecule has 0 radical (unpaired) electrons. The van der Waals surface area contributed by atoms with Crippen LogP contribution < -0.4 is 5.73 Å². The number of hydrogen-bond donors (Lipinski definition) is 1. The van der Waals surface area contributed by atoms with Crippen molar-refractivity contribution in [1.29, 1.82) is 0 Å². The van der Waals surface area contributed by atoms with Crippen molar-refractivity contribution >= 4 is 10.0 Å². The third-order valence-corrected chi connectivity index (χ3v) is 5.13. The van der Waals surface area contributed by atoms with Gasteiger partial charge in [0.25, 0.3) is 0 Å². The third kappa shape index (κ3) is 5.30. The quantitative estimate of drug-likeness (QED) is 0.830. The molecule has 0 aliphatic heterocycles. The zero-order chi connectivity index (χ0) is 14.5. The molecule has 1 unspecified atom stereocenters. The molecule has 1 aromatic carbocycles. The Morgan fingerprint density at radius 1 is 1.21 bits per heavy atom. The maximum absolute atomic E-state index is 12.2. The Morgan fingerprint density at radius 2 is 1.79 bits per heavy atom. The van der Waals surface area contributed by atoms with Gasteiger partial charge in [0, 0.05) is 19.6 Å². The monoisotopic (exact) mass is 284 g/mol. The summed E-state index contributed by atoms with van der Waals surface area (Å²) in [6.07, 6.45) is 0.683. The van der Waals surface area contributed by atoms with Gasteiger partial charge >= 0.3 is 0 Å². The van der Waals surface area contributed by atoms with Gasteiger partial charge < -0.3 is 5.73 Å². The Kier molecular flexibility index (Phi) is 5.97. The Bertz CT molecular complexity index is 471. The lowest BCUT2D eigenvalue weighted by molar-refractivity contribution is 0.397. The first-order chi connectivity index (χ1) is 8.83. The summed E-state index contributed by atoms with van der Waals surface area (Å²) in [4.78, 5) is 0. The van der Waals surface area contributed by atoms with Crippen LogP contribution >= 0.6 is 0 Å².